The van der Waals surface area contributed by atoms with E-state index in [1.54, 1.807) is 0 Å². The second-order valence-electron chi connectivity index (χ2n) is 5.80. The molecule has 0 aromatic rings. The van der Waals surface area contributed by atoms with Gasteiger partial charge in [0, 0.05) is 11.5 Å². The Hall–Kier alpha value is -0.590. The lowest BCUT2D eigenvalue weighted by Gasteiger charge is -2.51. The molecule has 2 atom stereocenters. The van der Waals surface area contributed by atoms with Crippen molar-refractivity contribution in [3.8, 4) is 0 Å². The quantitative estimate of drug-likeness (QED) is 0.811. The second-order valence-corrected chi connectivity index (χ2v) is 8.71. The Bertz CT molecular complexity index is 512. The van der Waals surface area contributed by atoms with Gasteiger partial charge in [0.25, 0.3) is 0 Å². The summed E-state index contributed by atoms with van der Waals surface area (Å²) in [5.41, 5.74) is 5.72. The fourth-order valence-electron chi connectivity index (χ4n) is 3.25. The van der Waals surface area contributed by atoms with E-state index in [9.17, 15) is 13.2 Å². The monoisotopic (exact) mass is 320 g/mol. The van der Waals surface area contributed by atoms with Crippen LogP contribution in [-0.4, -0.2) is 36.9 Å². The number of sulfone groups is 1. The predicted octanol–water partition coefficient (Wildman–Crippen LogP) is 1.07. The number of carbonyl (C=O) groups excluding carboxylic acids is 1. The standard InChI is InChI=1S/C13H21ClN2O3S/c1-9(14)7-10(15)12(17)16-11-8-20(18,19)13(11)5-3-2-4-6-13/h10-11H,1-8,15H2,(H,16,17). The van der Waals surface area contributed by atoms with Gasteiger partial charge in [-0.25, -0.2) is 8.42 Å². The third kappa shape index (κ3) is 2.73. The summed E-state index contributed by atoms with van der Waals surface area (Å²) in [6.07, 6.45) is 4.32. The molecule has 2 aliphatic rings. The number of nitrogens with one attached hydrogen (secondary N) is 1. The fourth-order valence-corrected chi connectivity index (χ4v) is 5.78. The average molecular weight is 321 g/mol. The van der Waals surface area contributed by atoms with Crippen molar-refractivity contribution < 1.29 is 13.2 Å². The first-order chi connectivity index (χ1) is 9.28. The van der Waals surface area contributed by atoms with Crippen molar-refractivity contribution in [1.82, 2.24) is 5.32 Å². The van der Waals surface area contributed by atoms with Crippen LogP contribution in [0, 0.1) is 0 Å². The molecule has 1 aliphatic carbocycles. The van der Waals surface area contributed by atoms with Crippen molar-refractivity contribution in [3.63, 3.8) is 0 Å². The van der Waals surface area contributed by atoms with E-state index in [-0.39, 0.29) is 24.1 Å². The summed E-state index contributed by atoms with van der Waals surface area (Å²) in [5.74, 6) is -0.329. The van der Waals surface area contributed by atoms with E-state index in [1.165, 1.54) is 0 Å². The minimum Gasteiger partial charge on any atom is -0.349 e. The summed E-state index contributed by atoms with van der Waals surface area (Å²) in [6, 6.07) is -1.08. The highest BCUT2D eigenvalue weighted by Gasteiger charge is 2.60. The van der Waals surface area contributed by atoms with Crippen molar-refractivity contribution in [3.05, 3.63) is 11.6 Å². The molecular formula is C13H21ClN2O3S. The minimum atomic E-state index is -3.09. The van der Waals surface area contributed by atoms with Crippen LogP contribution in [0.4, 0.5) is 0 Å². The lowest BCUT2D eigenvalue weighted by atomic mass is 9.82. The highest BCUT2D eigenvalue weighted by atomic mass is 35.5. The molecule has 2 rings (SSSR count). The summed E-state index contributed by atoms with van der Waals surface area (Å²) in [5, 5.41) is 3.12. The molecule has 1 amide bonds. The van der Waals surface area contributed by atoms with Crippen LogP contribution in [0.3, 0.4) is 0 Å². The largest absolute Gasteiger partial charge is 0.349 e. The Morgan fingerprint density at radius 3 is 2.50 bits per heavy atom. The maximum atomic E-state index is 12.1. The zero-order valence-electron chi connectivity index (χ0n) is 11.4. The van der Waals surface area contributed by atoms with Crippen LogP contribution in [0.5, 0.6) is 0 Å². The fraction of sp³-hybridized carbons (Fsp3) is 0.769. The molecule has 1 saturated carbocycles. The Labute approximate surface area is 124 Å². The number of carbonyl (C=O) groups is 1. The molecule has 1 saturated heterocycles. The highest BCUT2D eigenvalue weighted by molar-refractivity contribution is 7.94. The zero-order valence-corrected chi connectivity index (χ0v) is 13.0. The van der Waals surface area contributed by atoms with Gasteiger partial charge in [0.1, 0.15) is 0 Å². The summed E-state index contributed by atoms with van der Waals surface area (Å²) in [6.45, 7) is 3.51. The molecular weight excluding hydrogens is 300 g/mol. The Morgan fingerprint density at radius 2 is 2.00 bits per heavy atom. The van der Waals surface area contributed by atoms with Crippen LogP contribution >= 0.6 is 11.6 Å². The van der Waals surface area contributed by atoms with Crippen molar-refractivity contribution in [2.75, 3.05) is 5.75 Å². The molecule has 5 nitrogen and oxygen atoms in total. The van der Waals surface area contributed by atoms with Gasteiger partial charge in [0.05, 0.1) is 22.6 Å². The smallest absolute Gasteiger partial charge is 0.237 e. The van der Waals surface area contributed by atoms with Crippen LogP contribution in [0.25, 0.3) is 0 Å². The van der Waals surface area contributed by atoms with Gasteiger partial charge in [0.15, 0.2) is 9.84 Å². The summed E-state index contributed by atoms with van der Waals surface area (Å²) in [4.78, 5) is 12.0. The third-order valence-corrected chi connectivity index (χ3v) is 7.29. The first-order valence-corrected chi connectivity index (χ1v) is 8.93. The Balaban J connectivity index is 2.03. The third-order valence-electron chi connectivity index (χ3n) is 4.44. The first kappa shape index (κ1) is 15.8. The van der Waals surface area contributed by atoms with E-state index in [1.807, 2.05) is 0 Å². The molecule has 1 heterocycles. The van der Waals surface area contributed by atoms with Gasteiger partial charge in [-0.15, -0.1) is 0 Å². The van der Waals surface area contributed by atoms with Gasteiger partial charge >= 0.3 is 0 Å². The van der Waals surface area contributed by atoms with Crippen LogP contribution < -0.4 is 11.1 Å². The van der Waals surface area contributed by atoms with E-state index in [2.05, 4.69) is 11.9 Å². The maximum Gasteiger partial charge on any atom is 0.237 e. The van der Waals surface area contributed by atoms with E-state index in [4.69, 9.17) is 17.3 Å². The van der Waals surface area contributed by atoms with Gasteiger partial charge in [-0.05, 0) is 12.8 Å². The molecule has 7 heteroatoms. The van der Waals surface area contributed by atoms with Gasteiger partial charge in [0.2, 0.25) is 5.91 Å². The van der Waals surface area contributed by atoms with Crippen molar-refractivity contribution in [1.29, 1.82) is 0 Å². The number of hydrogen-bond acceptors (Lipinski definition) is 4. The summed E-state index contributed by atoms with van der Waals surface area (Å²) in [7, 11) is -3.09. The Morgan fingerprint density at radius 1 is 1.40 bits per heavy atom. The number of rotatable bonds is 4. The van der Waals surface area contributed by atoms with Crippen LogP contribution in [0.2, 0.25) is 0 Å². The average Bonchev–Trinajstić information content (AvgIpc) is 2.38. The maximum absolute atomic E-state index is 12.1. The molecule has 114 valence electrons. The zero-order chi connectivity index (χ0) is 15.0. The Kier molecular flexibility index (Phi) is 4.47. The molecule has 2 fully saturated rings. The number of halogens is 1. The van der Waals surface area contributed by atoms with Crippen molar-refractivity contribution in [2.24, 2.45) is 5.73 Å². The van der Waals surface area contributed by atoms with Gasteiger partial charge in [-0.3, -0.25) is 4.79 Å². The molecule has 0 bridgehead atoms. The summed E-state index contributed by atoms with van der Waals surface area (Å²) < 4.78 is 23.5. The predicted molar refractivity (Wildman–Crippen MR) is 79.1 cm³/mol. The van der Waals surface area contributed by atoms with Gasteiger partial charge in [-0.1, -0.05) is 37.4 Å². The van der Waals surface area contributed by atoms with Gasteiger partial charge in [-0.2, -0.15) is 0 Å². The molecule has 2 unspecified atom stereocenters. The summed E-state index contributed by atoms with van der Waals surface area (Å²) >= 11 is 5.64. The van der Waals surface area contributed by atoms with Crippen LogP contribution in [-0.2, 0) is 14.6 Å². The number of nitrogens with two attached hydrogens (primary N) is 1. The second kappa shape index (κ2) is 5.66. The minimum absolute atomic E-state index is 0.0211. The molecule has 20 heavy (non-hydrogen) atoms. The van der Waals surface area contributed by atoms with Crippen molar-refractivity contribution in [2.45, 2.75) is 55.4 Å². The van der Waals surface area contributed by atoms with E-state index in [0.717, 1.165) is 19.3 Å². The molecule has 1 spiro atoms. The van der Waals surface area contributed by atoms with E-state index >= 15 is 0 Å². The lowest BCUT2D eigenvalue weighted by Crippen LogP contribution is -2.71. The highest BCUT2D eigenvalue weighted by Crippen LogP contribution is 2.45. The van der Waals surface area contributed by atoms with Crippen LogP contribution in [0.15, 0.2) is 11.6 Å². The SMILES string of the molecule is C=C(Cl)CC(N)C(=O)NC1CS(=O)(=O)C12CCCCC2. The molecule has 3 N–H and O–H groups in total. The number of amides is 1. The normalized spacial score (nSPS) is 28.4. The lowest BCUT2D eigenvalue weighted by molar-refractivity contribution is -0.123. The molecule has 1 aliphatic heterocycles. The van der Waals surface area contributed by atoms with E-state index < -0.39 is 20.6 Å². The molecule has 0 aromatic heterocycles. The van der Waals surface area contributed by atoms with Crippen LogP contribution in [0.1, 0.15) is 38.5 Å². The first-order valence-electron chi connectivity index (χ1n) is 6.90. The molecule has 0 radical (unpaired) electrons. The van der Waals surface area contributed by atoms with E-state index in [0.29, 0.717) is 17.9 Å². The van der Waals surface area contributed by atoms with Crippen molar-refractivity contribution >= 4 is 27.3 Å². The topological polar surface area (TPSA) is 89.3 Å². The number of hydrogen-bond donors (Lipinski definition) is 2. The molecule has 0 aromatic carbocycles. The van der Waals surface area contributed by atoms with Gasteiger partial charge < -0.3 is 11.1 Å².